The summed E-state index contributed by atoms with van der Waals surface area (Å²) in [6.07, 6.45) is 0.652. The van der Waals surface area contributed by atoms with Crippen LogP contribution in [0.25, 0.3) is 0 Å². The third-order valence-corrected chi connectivity index (χ3v) is 7.85. The Hall–Kier alpha value is -2.49. The molecule has 0 saturated carbocycles. The van der Waals surface area contributed by atoms with E-state index in [9.17, 15) is 22.4 Å². The Morgan fingerprint density at radius 3 is 2.48 bits per heavy atom. The van der Waals surface area contributed by atoms with Crippen molar-refractivity contribution in [1.82, 2.24) is 4.31 Å². The van der Waals surface area contributed by atoms with Gasteiger partial charge in [-0.05, 0) is 56.5 Å². The van der Waals surface area contributed by atoms with Gasteiger partial charge in [0, 0.05) is 35.3 Å². The van der Waals surface area contributed by atoms with Crippen molar-refractivity contribution in [2.75, 3.05) is 25.0 Å². The molecule has 1 saturated heterocycles. The highest BCUT2D eigenvalue weighted by Crippen LogP contribution is 2.27. The first-order chi connectivity index (χ1) is 15.6. The molecule has 1 aliphatic heterocycles. The summed E-state index contributed by atoms with van der Waals surface area (Å²) >= 11 is 5.97. The second kappa shape index (κ2) is 10.6. The lowest BCUT2D eigenvalue weighted by atomic mass is 9.96. The molecule has 1 N–H and O–H groups in total. The zero-order valence-corrected chi connectivity index (χ0v) is 20.0. The number of anilines is 1. The molecule has 0 bridgehead atoms. The summed E-state index contributed by atoms with van der Waals surface area (Å²) in [5, 5.41) is 2.91. The number of carbonyl (C=O) groups is 2. The third kappa shape index (κ3) is 5.90. The maximum atomic E-state index is 14.0. The minimum atomic E-state index is -3.79. The van der Waals surface area contributed by atoms with Gasteiger partial charge in [0.25, 0.3) is 0 Å². The number of hydrogen-bond donors (Lipinski definition) is 1. The molecule has 1 heterocycles. The second-order valence-corrected chi connectivity index (χ2v) is 10.2. The van der Waals surface area contributed by atoms with Crippen LogP contribution in [-0.4, -0.2) is 44.3 Å². The number of amides is 1. The van der Waals surface area contributed by atoms with Crippen LogP contribution in [0.5, 0.6) is 0 Å². The van der Waals surface area contributed by atoms with Gasteiger partial charge in [0.2, 0.25) is 15.9 Å². The fourth-order valence-corrected chi connectivity index (χ4v) is 5.69. The smallest absolute Gasteiger partial charge is 0.338 e. The van der Waals surface area contributed by atoms with Crippen molar-refractivity contribution in [3.63, 3.8) is 0 Å². The Balaban J connectivity index is 1.62. The molecule has 0 aliphatic carbocycles. The number of nitrogens with zero attached hydrogens (tertiary/aromatic N) is 1. The van der Waals surface area contributed by atoms with Crippen LogP contribution in [0.4, 0.5) is 10.1 Å². The molecular weight excluding hydrogens is 471 g/mol. The molecule has 33 heavy (non-hydrogen) atoms. The summed E-state index contributed by atoms with van der Waals surface area (Å²) < 4.78 is 45.9. The molecule has 1 amide bonds. The molecule has 10 heteroatoms. The highest BCUT2D eigenvalue weighted by Gasteiger charge is 2.32. The van der Waals surface area contributed by atoms with E-state index in [0.717, 1.165) is 0 Å². The largest absolute Gasteiger partial charge is 0.462 e. The van der Waals surface area contributed by atoms with E-state index in [1.807, 2.05) is 0 Å². The molecular formula is C23H26ClFN2O5S. The van der Waals surface area contributed by atoms with Crippen molar-refractivity contribution in [2.45, 2.75) is 32.4 Å². The molecule has 7 nitrogen and oxygen atoms in total. The molecule has 0 spiro atoms. The minimum Gasteiger partial charge on any atom is -0.462 e. The first-order valence-electron chi connectivity index (χ1n) is 10.6. The molecule has 0 unspecified atom stereocenters. The number of carbonyl (C=O) groups excluding carboxylic acids is 2. The number of hydrogen-bond acceptors (Lipinski definition) is 5. The van der Waals surface area contributed by atoms with Crippen LogP contribution in [0, 0.1) is 18.7 Å². The average Bonchev–Trinajstić information content (AvgIpc) is 2.78. The van der Waals surface area contributed by atoms with Crippen molar-refractivity contribution in [1.29, 1.82) is 0 Å². The van der Waals surface area contributed by atoms with E-state index in [4.69, 9.17) is 16.3 Å². The number of nitrogens with one attached hydrogen (secondary N) is 1. The molecule has 1 aliphatic rings. The van der Waals surface area contributed by atoms with E-state index >= 15 is 0 Å². The predicted octanol–water partition coefficient (Wildman–Crippen LogP) is 4.14. The molecule has 0 atom stereocenters. The van der Waals surface area contributed by atoms with Crippen molar-refractivity contribution < 1.29 is 27.1 Å². The summed E-state index contributed by atoms with van der Waals surface area (Å²) in [4.78, 5) is 24.9. The number of esters is 1. The standard InChI is InChI=1S/C23H26ClFN2O5S/c1-3-32-23(29)17-6-4-9-21(15(17)2)26-22(28)16-10-12-27(13-11-16)33(30,31)14-18-19(24)7-5-8-20(18)25/h4-9,16H,3,10-14H2,1-2H3,(H,26,28). The SMILES string of the molecule is CCOC(=O)c1cccc(NC(=O)C2CCN(S(=O)(=O)Cc3c(F)cccc3Cl)CC2)c1C. The molecule has 0 radical (unpaired) electrons. The van der Waals surface area contributed by atoms with Gasteiger partial charge in [-0.15, -0.1) is 0 Å². The minimum absolute atomic E-state index is 0.0593. The number of halogens is 2. The van der Waals surface area contributed by atoms with Crippen LogP contribution < -0.4 is 5.32 Å². The zero-order chi connectivity index (χ0) is 24.2. The lowest BCUT2D eigenvalue weighted by Crippen LogP contribution is -2.42. The third-order valence-electron chi connectivity index (χ3n) is 5.69. The fourth-order valence-electron chi connectivity index (χ4n) is 3.78. The van der Waals surface area contributed by atoms with E-state index < -0.39 is 27.6 Å². The van der Waals surface area contributed by atoms with E-state index in [-0.39, 0.29) is 42.1 Å². The maximum absolute atomic E-state index is 14.0. The van der Waals surface area contributed by atoms with Crippen molar-refractivity contribution in [2.24, 2.45) is 5.92 Å². The maximum Gasteiger partial charge on any atom is 0.338 e. The van der Waals surface area contributed by atoms with Crippen LogP contribution in [0.15, 0.2) is 36.4 Å². The van der Waals surface area contributed by atoms with Crippen LogP contribution in [0.3, 0.4) is 0 Å². The van der Waals surface area contributed by atoms with Gasteiger partial charge in [0.1, 0.15) is 5.82 Å². The molecule has 178 valence electrons. The molecule has 1 fully saturated rings. The number of ether oxygens (including phenoxy) is 1. The number of piperidine rings is 1. The van der Waals surface area contributed by atoms with Gasteiger partial charge in [-0.3, -0.25) is 4.79 Å². The zero-order valence-electron chi connectivity index (χ0n) is 18.4. The second-order valence-electron chi connectivity index (χ2n) is 7.82. The topological polar surface area (TPSA) is 92.8 Å². The van der Waals surface area contributed by atoms with Gasteiger partial charge in [0.15, 0.2) is 0 Å². The van der Waals surface area contributed by atoms with Crippen LogP contribution in [-0.2, 0) is 25.3 Å². The highest BCUT2D eigenvalue weighted by molar-refractivity contribution is 7.88. The molecule has 0 aromatic heterocycles. The lowest BCUT2D eigenvalue weighted by Gasteiger charge is -2.30. The van der Waals surface area contributed by atoms with E-state index in [2.05, 4.69) is 5.32 Å². The van der Waals surface area contributed by atoms with E-state index in [1.165, 1.54) is 22.5 Å². The predicted molar refractivity (Wildman–Crippen MR) is 124 cm³/mol. The van der Waals surface area contributed by atoms with Gasteiger partial charge in [-0.25, -0.2) is 21.9 Å². The van der Waals surface area contributed by atoms with Gasteiger partial charge in [0.05, 0.1) is 17.9 Å². The Kier molecular flexibility index (Phi) is 8.10. The molecule has 3 rings (SSSR count). The highest BCUT2D eigenvalue weighted by atomic mass is 35.5. The van der Waals surface area contributed by atoms with Crippen LogP contribution >= 0.6 is 11.6 Å². The Labute approximate surface area is 197 Å². The van der Waals surface area contributed by atoms with Crippen LogP contribution in [0.2, 0.25) is 5.02 Å². The van der Waals surface area contributed by atoms with Crippen LogP contribution in [0.1, 0.15) is 41.3 Å². The van der Waals surface area contributed by atoms with Gasteiger partial charge >= 0.3 is 5.97 Å². The molecule has 2 aromatic carbocycles. The Morgan fingerprint density at radius 2 is 1.85 bits per heavy atom. The number of benzene rings is 2. The number of rotatable bonds is 7. The fraction of sp³-hybridized carbons (Fsp3) is 0.391. The summed E-state index contributed by atoms with van der Waals surface area (Å²) in [5.74, 6) is -2.29. The quantitative estimate of drug-likeness (QED) is 0.581. The first kappa shape index (κ1) is 25.1. The van der Waals surface area contributed by atoms with Crippen molar-refractivity contribution in [3.8, 4) is 0 Å². The Morgan fingerprint density at radius 1 is 1.18 bits per heavy atom. The summed E-state index contributed by atoms with van der Waals surface area (Å²) in [5.41, 5.74) is 1.43. The van der Waals surface area contributed by atoms with Gasteiger partial charge in [-0.1, -0.05) is 23.7 Å². The van der Waals surface area contributed by atoms with Gasteiger partial charge < -0.3 is 10.1 Å². The normalized spacial score (nSPS) is 15.3. The average molecular weight is 497 g/mol. The lowest BCUT2D eigenvalue weighted by molar-refractivity contribution is -0.120. The van der Waals surface area contributed by atoms with Crippen molar-refractivity contribution in [3.05, 3.63) is 63.9 Å². The summed E-state index contributed by atoms with van der Waals surface area (Å²) in [7, 11) is -3.79. The van der Waals surface area contributed by atoms with Gasteiger partial charge in [-0.2, -0.15) is 0 Å². The summed E-state index contributed by atoms with van der Waals surface area (Å²) in [6, 6.07) is 9.04. The van der Waals surface area contributed by atoms with E-state index in [1.54, 1.807) is 32.0 Å². The summed E-state index contributed by atoms with van der Waals surface area (Å²) in [6.45, 7) is 3.99. The monoisotopic (exact) mass is 496 g/mol. The Bertz CT molecular complexity index is 1130. The molecule has 2 aromatic rings. The number of sulfonamides is 1. The van der Waals surface area contributed by atoms with Crippen molar-refractivity contribution >= 4 is 39.2 Å². The first-order valence-corrected chi connectivity index (χ1v) is 12.6. The van der Waals surface area contributed by atoms with E-state index in [0.29, 0.717) is 29.7 Å².